The summed E-state index contributed by atoms with van der Waals surface area (Å²) in [5.74, 6) is 0.264. The zero-order chi connectivity index (χ0) is 14.3. The Bertz CT molecular complexity index is 582. The minimum atomic E-state index is -3.41. The molecule has 2 fully saturated rings. The van der Waals surface area contributed by atoms with Gasteiger partial charge in [0.15, 0.2) is 0 Å². The Balaban J connectivity index is 1.93. The lowest BCUT2D eigenvalue weighted by molar-refractivity contribution is -0.0166. The molecule has 3 rings (SSSR count). The van der Waals surface area contributed by atoms with E-state index in [-0.39, 0.29) is 18.1 Å². The van der Waals surface area contributed by atoms with Gasteiger partial charge >= 0.3 is 0 Å². The van der Waals surface area contributed by atoms with Gasteiger partial charge in [-0.25, -0.2) is 8.42 Å². The van der Waals surface area contributed by atoms with E-state index in [0.29, 0.717) is 11.4 Å². The van der Waals surface area contributed by atoms with Gasteiger partial charge in [-0.15, -0.1) is 0 Å². The largest absolute Gasteiger partial charge is 0.376 e. The van der Waals surface area contributed by atoms with Crippen molar-refractivity contribution < 1.29 is 13.2 Å². The first-order valence-corrected chi connectivity index (χ1v) is 8.64. The van der Waals surface area contributed by atoms with Crippen LogP contribution in [0.5, 0.6) is 0 Å². The first-order chi connectivity index (χ1) is 9.50. The summed E-state index contributed by atoms with van der Waals surface area (Å²) in [5.41, 5.74) is 1.07. The molecule has 3 atom stereocenters. The van der Waals surface area contributed by atoms with Crippen LogP contribution in [0.4, 0.5) is 0 Å². The fraction of sp³-hybridized carbons (Fsp3) is 0.600. The monoisotopic (exact) mass is 295 g/mol. The van der Waals surface area contributed by atoms with E-state index in [4.69, 9.17) is 4.74 Å². The number of sulfonamides is 1. The van der Waals surface area contributed by atoms with E-state index in [1.54, 1.807) is 16.4 Å². The highest BCUT2D eigenvalue weighted by atomic mass is 32.2. The van der Waals surface area contributed by atoms with Gasteiger partial charge in [0.25, 0.3) is 0 Å². The molecule has 2 aliphatic rings. The van der Waals surface area contributed by atoms with Gasteiger partial charge in [-0.1, -0.05) is 24.6 Å². The predicted octanol–water partition coefficient (Wildman–Crippen LogP) is 2.18. The predicted molar refractivity (Wildman–Crippen MR) is 77.0 cm³/mol. The third-order valence-corrected chi connectivity index (χ3v) is 6.27. The van der Waals surface area contributed by atoms with Crippen molar-refractivity contribution >= 4 is 10.0 Å². The van der Waals surface area contributed by atoms with E-state index in [2.05, 4.69) is 6.92 Å². The molecule has 110 valence electrons. The van der Waals surface area contributed by atoms with Crippen molar-refractivity contribution in [2.45, 2.75) is 43.7 Å². The van der Waals surface area contributed by atoms with Gasteiger partial charge in [0.05, 0.1) is 17.0 Å². The Labute approximate surface area is 120 Å². The number of aryl methyl sites for hydroxylation is 1. The molecule has 4 nitrogen and oxygen atoms in total. The number of hydrogen-bond acceptors (Lipinski definition) is 3. The van der Waals surface area contributed by atoms with Crippen LogP contribution in [0.15, 0.2) is 29.2 Å². The van der Waals surface area contributed by atoms with Gasteiger partial charge < -0.3 is 4.74 Å². The van der Waals surface area contributed by atoms with Crippen LogP contribution < -0.4 is 0 Å². The molecule has 0 saturated carbocycles. The Hall–Kier alpha value is -0.910. The normalized spacial score (nSPS) is 31.2. The Kier molecular flexibility index (Phi) is 3.60. The molecule has 5 heteroatoms. The molecule has 0 amide bonds. The fourth-order valence-electron chi connectivity index (χ4n) is 3.28. The van der Waals surface area contributed by atoms with Gasteiger partial charge in [0, 0.05) is 13.2 Å². The molecule has 1 aromatic carbocycles. The summed E-state index contributed by atoms with van der Waals surface area (Å²) >= 11 is 0. The van der Waals surface area contributed by atoms with E-state index in [9.17, 15) is 8.42 Å². The number of rotatable bonds is 2. The second-order valence-electron chi connectivity index (χ2n) is 5.91. The van der Waals surface area contributed by atoms with Crippen molar-refractivity contribution in [1.82, 2.24) is 4.31 Å². The fourth-order valence-corrected chi connectivity index (χ4v) is 5.05. The van der Waals surface area contributed by atoms with Gasteiger partial charge in [-0.05, 0) is 37.8 Å². The molecule has 20 heavy (non-hydrogen) atoms. The average molecular weight is 295 g/mol. The molecule has 0 N–H and O–H groups in total. The summed E-state index contributed by atoms with van der Waals surface area (Å²) in [6.07, 6.45) is 1.90. The summed E-state index contributed by atoms with van der Waals surface area (Å²) in [6.45, 7) is 5.35. The molecule has 0 unspecified atom stereocenters. The van der Waals surface area contributed by atoms with Crippen molar-refractivity contribution in [3.63, 3.8) is 0 Å². The number of fused-ring (bicyclic) bond motifs is 1. The molecule has 0 aromatic heterocycles. The van der Waals surface area contributed by atoms with Gasteiger partial charge in [0.2, 0.25) is 10.0 Å². The average Bonchev–Trinajstić information content (AvgIpc) is 2.78. The van der Waals surface area contributed by atoms with Crippen LogP contribution in [-0.2, 0) is 14.8 Å². The van der Waals surface area contributed by atoms with Crippen molar-refractivity contribution in [3.05, 3.63) is 29.8 Å². The number of hydrogen-bond donors (Lipinski definition) is 0. The highest BCUT2D eigenvalue weighted by Crippen LogP contribution is 2.36. The number of nitrogens with zero attached hydrogens (tertiary/aromatic N) is 1. The highest BCUT2D eigenvalue weighted by molar-refractivity contribution is 7.89. The number of ether oxygens (including phenoxy) is 1. The molecule has 0 bridgehead atoms. The molecular weight excluding hydrogens is 274 g/mol. The van der Waals surface area contributed by atoms with E-state index >= 15 is 0 Å². The van der Waals surface area contributed by atoms with Crippen molar-refractivity contribution in [1.29, 1.82) is 0 Å². The van der Waals surface area contributed by atoms with Crippen LogP contribution in [0.2, 0.25) is 0 Å². The minimum absolute atomic E-state index is 0.00468. The topological polar surface area (TPSA) is 46.6 Å². The first kappa shape index (κ1) is 14.0. The molecule has 1 aromatic rings. The van der Waals surface area contributed by atoms with Crippen LogP contribution in [0.25, 0.3) is 0 Å². The van der Waals surface area contributed by atoms with Crippen molar-refractivity contribution in [2.24, 2.45) is 5.92 Å². The highest BCUT2D eigenvalue weighted by Gasteiger charge is 2.47. The summed E-state index contributed by atoms with van der Waals surface area (Å²) < 4.78 is 33.1. The molecule has 0 spiro atoms. The minimum Gasteiger partial charge on any atom is -0.376 e. The lowest BCUT2D eigenvalue weighted by Crippen LogP contribution is -2.43. The Morgan fingerprint density at radius 3 is 2.65 bits per heavy atom. The van der Waals surface area contributed by atoms with E-state index in [1.165, 1.54) is 0 Å². The van der Waals surface area contributed by atoms with Gasteiger partial charge in [-0.2, -0.15) is 4.31 Å². The van der Waals surface area contributed by atoms with Gasteiger partial charge in [-0.3, -0.25) is 0 Å². The maximum absolute atomic E-state index is 12.8. The molecule has 2 aliphatic heterocycles. The first-order valence-electron chi connectivity index (χ1n) is 7.20. The lowest BCUT2D eigenvalue weighted by atomic mass is 9.98. The SMILES string of the molecule is Cc1ccc(S(=O)(=O)N2C[C@@H](C)[C@H]3OCCC[C@H]32)cc1. The number of benzene rings is 1. The van der Waals surface area contributed by atoms with Crippen molar-refractivity contribution in [3.8, 4) is 0 Å². The maximum atomic E-state index is 12.8. The summed E-state index contributed by atoms with van der Waals surface area (Å²) in [5, 5.41) is 0. The van der Waals surface area contributed by atoms with Crippen LogP contribution in [0, 0.1) is 12.8 Å². The van der Waals surface area contributed by atoms with Crippen LogP contribution in [0.3, 0.4) is 0 Å². The molecule has 2 saturated heterocycles. The van der Waals surface area contributed by atoms with E-state index in [0.717, 1.165) is 25.0 Å². The maximum Gasteiger partial charge on any atom is 0.243 e. The van der Waals surface area contributed by atoms with Crippen LogP contribution in [-0.4, -0.2) is 38.0 Å². The third-order valence-electron chi connectivity index (χ3n) is 4.36. The molecule has 2 heterocycles. The van der Waals surface area contributed by atoms with Crippen molar-refractivity contribution in [2.75, 3.05) is 13.2 Å². The molecule has 0 radical (unpaired) electrons. The molecule has 0 aliphatic carbocycles. The standard InChI is InChI=1S/C15H21NO3S/c1-11-5-7-13(8-6-11)20(17,18)16-10-12(2)15-14(16)4-3-9-19-15/h5-8,12,14-15H,3-4,9-10H2,1-2H3/t12-,14-,15-/m1/s1. The summed E-state index contributed by atoms with van der Waals surface area (Å²) in [4.78, 5) is 0.390. The Morgan fingerprint density at radius 2 is 1.95 bits per heavy atom. The van der Waals surface area contributed by atoms with E-state index in [1.807, 2.05) is 19.1 Å². The second-order valence-corrected chi connectivity index (χ2v) is 7.80. The Morgan fingerprint density at radius 1 is 1.25 bits per heavy atom. The van der Waals surface area contributed by atoms with Crippen LogP contribution >= 0.6 is 0 Å². The zero-order valence-corrected chi connectivity index (χ0v) is 12.8. The smallest absolute Gasteiger partial charge is 0.243 e. The molecular formula is C15H21NO3S. The summed E-state index contributed by atoms with van der Waals surface area (Å²) in [7, 11) is -3.41. The third kappa shape index (κ3) is 2.28. The van der Waals surface area contributed by atoms with Gasteiger partial charge in [0.1, 0.15) is 0 Å². The lowest BCUT2D eigenvalue weighted by Gasteiger charge is -2.31. The zero-order valence-electron chi connectivity index (χ0n) is 12.0. The second kappa shape index (κ2) is 5.13. The quantitative estimate of drug-likeness (QED) is 0.840. The van der Waals surface area contributed by atoms with Crippen LogP contribution in [0.1, 0.15) is 25.3 Å². The van der Waals surface area contributed by atoms with E-state index < -0.39 is 10.0 Å². The summed E-state index contributed by atoms with van der Waals surface area (Å²) in [6, 6.07) is 7.10.